The van der Waals surface area contributed by atoms with E-state index >= 15 is 0 Å². The standard InChI is InChI=1S/C19H17N3O6/c1-3-28-16-7-5-4-6-14(16)21-19(24)13(11-20)8-12-9-15(22(25)26)18(23)17(10-12)27-2/h4-10,23H,3H2,1-2H3,(H,21,24)/b13-8+. The minimum Gasteiger partial charge on any atom is -0.500 e. The van der Waals surface area contributed by atoms with Gasteiger partial charge in [-0.05, 0) is 36.8 Å². The van der Waals surface area contributed by atoms with Gasteiger partial charge in [0.1, 0.15) is 17.4 Å². The van der Waals surface area contributed by atoms with Gasteiger partial charge < -0.3 is 19.9 Å². The minimum atomic E-state index is -0.792. The summed E-state index contributed by atoms with van der Waals surface area (Å²) in [4.78, 5) is 22.8. The van der Waals surface area contributed by atoms with Crippen LogP contribution in [0.2, 0.25) is 0 Å². The number of rotatable bonds is 7. The Morgan fingerprint density at radius 3 is 2.68 bits per heavy atom. The van der Waals surface area contributed by atoms with Crippen LogP contribution in [0.4, 0.5) is 11.4 Å². The Bertz CT molecular complexity index is 978. The molecule has 2 aromatic rings. The third-order valence-corrected chi connectivity index (χ3v) is 3.60. The fourth-order valence-corrected chi connectivity index (χ4v) is 2.35. The SMILES string of the molecule is CCOc1ccccc1NC(=O)/C(C#N)=C/c1cc(OC)c(O)c([N+](=O)[O-])c1. The summed E-state index contributed by atoms with van der Waals surface area (Å²) in [5.41, 5.74) is -0.380. The molecule has 0 fully saturated rings. The van der Waals surface area contributed by atoms with E-state index in [0.717, 1.165) is 12.1 Å². The zero-order valence-electron chi connectivity index (χ0n) is 15.1. The number of hydrogen-bond donors (Lipinski definition) is 2. The molecule has 0 atom stereocenters. The molecule has 0 heterocycles. The Labute approximate surface area is 160 Å². The first-order valence-electron chi connectivity index (χ1n) is 8.11. The summed E-state index contributed by atoms with van der Waals surface area (Å²) in [7, 11) is 1.23. The van der Waals surface area contributed by atoms with Crippen molar-refractivity contribution >= 4 is 23.4 Å². The van der Waals surface area contributed by atoms with Crippen LogP contribution in [-0.4, -0.2) is 29.7 Å². The molecule has 0 aliphatic rings. The highest BCUT2D eigenvalue weighted by atomic mass is 16.6. The Balaban J connectivity index is 2.39. The molecule has 0 bridgehead atoms. The van der Waals surface area contributed by atoms with Crippen molar-refractivity contribution in [3.8, 4) is 23.3 Å². The highest BCUT2D eigenvalue weighted by Crippen LogP contribution is 2.37. The van der Waals surface area contributed by atoms with E-state index in [2.05, 4.69) is 5.32 Å². The summed E-state index contributed by atoms with van der Waals surface area (Å²) < 4.78 is 10.3. The van der Waals surface area contributed by atoms with Crippen LogP contribution in [0, 0.1) is 21.4 Å². The van der Waals surface area contributed by atoms with Crippen LogP contribution < -0.4 is 14.8 Å². The second-order valence-electron chi connectivity index (χ2n) is 5.40. The number of hydrogen-bond acceptors (Lipinski definition) is 7. The molecule has 2 aromatic carbocycles. The van der Waals surface area contributed by atoms with Crippen LogP contribution in [0.3, 0.4) is 0 Å². The molecule has 0 aromatic heterocycles. The van der Waals surface area contributed by atoms with Gasteiger partial charge in [-0.2, -0.15) is 5.26 Å². The minimum absolute atomic E-state index is 0.145. The van der Waals surface area contributed by atoms with Gasteiger partial charge in [-0.1, -0.05) is 12.1 Å². The van der Waals surface area contributed by atoms with Crippen molar-refractivity contribution in [1.82, 2.24) is 0 Å². The van der Waals surface area contributed by atoms with Crippen LogP contribution in [-0.2, 0) is 4.79 Å². The molecule has 2 rings (SSSR count). The zero-order chi connectivity index (χ0) is 20.7. The molecule has 1 amide bonds. The summed E-state index contributed by atoms with van der Waals surface area (Å²) in [6.45, 7) is 2.19. The van der Waals surface area contributed by atoms with Crippen molar-refractivity contribution in [2.45, 2.75) is 6.92 Å². The number of nitro benzene ring substituents is 1. The summed E-state index contributed by atoms with van der Waals surface area (Å²) in [6, 6.07) is 10.8. The van der Waals surface area contributed by atoms with Crippen molar-refractivity contribution in [3.05, 3.63) is 57.6 Å². The number of aromatic hydroxyl groups is 1. The molecule has 0 saturated heterocycles. The van der Waals surface area contributed by atoms with E-state index in [-0.39, 0.29) is 16.9 Å². The maximum Gasteiger partial charge on any atom is 0.315 e. The zero-order valence-corrected chi connectivity index (χ0v) is 15.1. The van der Waals surface area contributed by atoms with Gasteiger partial charge in [0.05, 0.1) is 24.3 Å². The molecule has 9 heteroatoms. The summed E-state index contributed by atoms with van der Waals surface area (Å²) in [6.07, 6.45) is 1.16. The van der Waals surface area contributed by atoms with Gasteiger partial charge in [0.25, 0.3) is 5.91 Å². The van der Waals surface area contributed by atoms with Crippen molar-refractivity contribution in [2.75, 3.05) is 19.0 Å². The number of methoxy groups -OCH3 is 1. The topological polar surface area (TPSA) is 135 Å². The van der Waals surface area contributed by atoms with E-state index in [9.17, 15) is 25.3 Å². The number of ether oxygens (including phenoxy) is 2. The largest absolute Gasteiger partial charge is 0.500 e. The number of nitriles is 1. The van der Waals surface area contributed by atoms with Gasteiger partial charge >= 0.3 is 5.69 Å². The second kappa shape index (κ2) is 9.05. The number of nitrogens with zero attached hydrogens (tertiary/aromatic N) is 2. The third kappa shape index (κ3) is 4.56. The number of amides is 1. The Morgan fingerprint density at radius 1 is 1.36 bits per heavy atom. The lowest BCUT2D eigenvalue weighted by atomic mass is 10.1. The highest BCUT2D eigenvalue weighted by molar-refractivity contribution is 6.10. The van der Waals surface area contributed by atoms with Gasteiger partial charge in [-0.25, -0.2) is 0 Å². The van der Waals surface area contributed by atoms with Gasteiger partial charge in [0, 0.05) is 6.07 Å². The van der Waals surface area contributed by atoms with Crippen LogP contribution in [0.25, 0.3) is 6.08 Å². The lowest BCUT2D eigenvalue weighted by Gasteiger charge is -2.11. The summed E-state index contributed by atoms with van der Waals surface area (Å²) in [5.74, 6) is -1.07. The third-order valence-electron chi connectivity index (χ3n) is 3.60. The number of benzene rings is 2. The smallest absolute Gasteiger partial charge is 0.315 e. The number of nitro groups is 1. The molecule has 0 radical (unpaired) electrons. The van der Waals surface area contributed by atoms with Gasteiger partial charge in [-0.3, -0.25) is 14.9 Å². The summed E-state index contributed by atoms with van der Waals surface area (Å²) in [5, 5.41) is 32.8. The maximum atomic E-state index is 12.5. The first kappa shape index (κ1) is 20.3. The molecule has 144 valence electrons. The second-order valence-corrected chi connectivity index (χ2v) is 5.40. The van der Waals surface area contributed by atoms with E-state index in [1.165, 1.54) is 13.2 Å². The first-order chi connectivity index (χ1) is 13.4. The number of para-hydroxylation sites is 2. The molecular weight excluding hydrogens is 366 g/mol. The molecule has 28 heavy (non-hydrogen) atoms. The van der Waals surface area contributed by atoms with Gasteiger partial charge in [0.2, 0.25) is 5.75 Å². The Kier molecular flexibility index (Phi) is 6.54. The quantitative estimate of drug-likeness (QED) is 0.324. The van der Waals surface area contributed by atoms with Crippen LogP contribution in [0.5, 0.6) is 17.2 Å². The monoisotopic (exact) mass is 383 g/mol. The van der Waals surface area contributed by atoms with E-state index in [4.69, 9.17) is 9.47 Å². The molecule has 0 unspecified atom stereocenters. The number of carbonyl (C=O) groups is 1. The highest BCUT2D eigenvalue weighted by Gasteiger charge is 2.20. The number of nitrogens with one attached hydrogen (secondary N) is 1. The molecular formula is C19H17N3O6. The van der Waals surface area contributed by atoms with E-state index < -0.39 is 22.3 Å². The average Bonchev–Trinajstić information content (AvgIpc) is 2.68. The van der Waals surface area contributed by atoms with Gasteiger partial charge in [-0.15, -0.1) is 0 Å². The molecule has 9 nitrogen and oxygen atoms in total. The maximum absolute atomic E-state index is 12.5. The van der Waals surface area contributed by atoms with E-state index in [0.29, 0.717) is 18.0 Å². The molecule has 0 aliphatic carbocycles. The number of anilines is 1. The van der Waals surface area contributed by atoms with Crippen LogP contribution >= 0.6 is 0 Å². The first-order valence-corrected chi connectivity index (χ1v) is 8.11. The molecule has 0 spiro atoms. The van der Waals surface area contributed by atoms with Gasteiger partial charge in [0.15, 0.2) is 5.75 Å². The lowest BCUT2D eigenvalue weighted by Crippen LogP contribution is -2.14. The molecule has 0 aliphatic heterocycles. The Hall–Kier alpha value is -4.06. The fraction of sp³-hybridized carbons (Fsp3) is 0.158. The van der Waals surface area contributed by atoms with E-state index in [1.807, 2.05) is 0 Å². The Morgan fingerprint density at radius 2 is 2.07 bits per heavy atom. The number of phenols is 1. The van der Waals surface area contributed by atoms with Crippen LogP contribution in [0.15, 0.2) is 42.0 Å². The van der Waals surface area contributed by atoms with Crippen molar-refractivity contribution < 1.29 is 24.3 Å². The predicted molar refractivity (Wildman–Crippen MR) is 101 cm³/mol. The van der Waals surface area contributed by atoms with Crippen molar-refractivity contribution in [1.29, 1.82) is 5.26 Å². The normalized spacial score (nSPS) is 10.7. The molecule has 0 saturated carbocycles. The lowest BCUT2D eigenvalue weighted by molar-refractivity contribution is -0.386. The average molecular weight is 383 g/mol. The van der Waals surface area contributed by atoms with Crippen molar-refractivity contribution in [3.63, 3.8) is 0 Å². The molecule has 2 N–H and O–H groups in total. The number of phenolic OH excluding ortho intramolecular Hbond substituents is 1. The summed E-state index contributed by atoms with van der Waals surface area (Å²) >= 11 is 0. The van der Waals surface area contributed by atoms with E-state index in [1.54, 1.807) is 37.3 Å². The predicted octanol–water partition coefficient (Wildman–Crippen LogP) is 3.25. The fourth-order valence-electron chi connectivity index (χ4n) is 2.35. The van der Waals surface area contributed by atoms with Crippen LogP contribution in [0.1, 0.15) is 12.5 Å². The van der Waals surface area contributed by atoms with Crippen molar-refractivity contribution in [2.24, 2.45) is 0 Å². The number of carbonyl (C=O) groups excluding carboxylic acids is 1.